The zero-order chi connectivity index (χ0) is 25.4. The van der Waals surface area contributed by atoms with Gasteiger partial charge >= 0.3 is 12.0 Å². The van der Waals surface area contributed by atoms with Gasteiger partial charge in [-0.2, -0.15) is 0 Å². The second-order valence-corrected chi connectivity index (χ2v) is 12.1. The molecule has 2 amide bonds. The Morgan fingerprint density at radius 2 is 1.94 bits per heavy atom. The zero-order valence-electron chi connectivity index (χ0n) is 21.3. The number of anilines is 1. The molecule has 0 aromatic carbocycles. The SMILES string of the molecule is CCOC(=O)c1c(NC(=O)NCc2c(-n3cccc3)sc3c2CCN(C)C3)sc2c1CC(C)CC2C. The highest BCUT2D eigenvalue weighted by Crippen LogP contribution is 2.45. The summed E-state index contributed by atoms with van der Waals surface area (Å²) in [6.45, 7) is 8.90. The Morgan fingerprint density at radius 3 is 2.69 bits per heavy atom. The van der Waals surface area contributed by atoms with Crippen molar-refractivity contribution < 1.29 is 14.3 Å². The number of nitrogens with one attached hydrogen (secondary N) is 2. The lowest BCUT2D eigenvalue weighted by molar-refractivity contribution is 0.0526. The maximum atomic E-state index is 13.1. The summed E-state index contributed by atoms with van der Waals surface area (Å²) in [6, 6.07) is 3.74. The normalized spacial score (nSPS) is 19.4. The number of hydrogen-bond donors (Lipinski definition) is 2. The molecule has 0 saturated carbocycles. The van der Waals surface area contributed by atoms with Crippen molar-refractivity contribution in [2.75, 3.05) is 25.5 Å². The van der Waals surface area contributed by atoms with E-state index in [4.69, 9.17) is 4.74 Å². The van der Waals surface area contributed by atoms with Gasteiger partial charge in [0.05, 0.1) is 12.2 Å². The maximum absolute atomic E-state index is 13.1. The number of nitrogens with zero attached hydrogens (tertiary/aromatic N) is 2. The molecule has 5 rings (SSSR count). The molecule has 192 valence electrons. The first-order valence-electron chi connectivity index (χ1n) is 12.7. The lowest BCUT2D eigenvalue weighted by Crippen LogP contribution is -2.30. The van der Waals surface area contributed by atoms with E-state index in [-0.39, 0.29) is 12.0 Å². The molecule has 0 radical (unpaired) electrons. The number of rotatable bonds is 6. The third-order valence-corrected chi connectivity index (χ3v) is 9.75. The minimum atomic E-state index is -0.350. The molecule has 2 aliphatic rings. The predicted molar refractivity (Wildman–Crippen MR) is 146 cm³/mol. The summed E-state index contributed by atoms with van der Waals surface area (Å²) in [4.78, 5) is 30.9. The molecular weight excluding hydrogens is 492 g/mol. The van der Waals surface area contributed by atoms with Crippen molar-refractivity contribution in [2.24, 2.45) is 5.92 Å². The van der Waals surface area contributed by atoms with Crippen LogP contribution in [-0.4, -0.2) is 41.7 Å². The number of hydrogen-bond acceptors (Lipinski definition) is 6. The van der Waals surface area contributed by atoms with Crippen molar-refractivity contribution in [3.8, 4) is 5.00 Å². The van der Waals surface area contributed by atoms with E-state index in [1.54, 1.807) is 11.3 Å². The average molecular weight is 527 g/mol. The zero-order valence-corrected chi connectivity index (χ0v) is 23.0. The number of amides is 2. The van der Waals surface area contributed by atoms with Crippen molar-refractivity contribution >= 4 is 39.7 Å². The van der Waals surface area contributed by atoms with Gasteiger partial charge in [0.1, 0.15) is 10.0 Å². The number of fused-ring (bicyclic) bond motifs is 2. The minimum Gasteiger partial charge on any atom is -0.462 e. The topological polar surface area (TPSA) is 75.6 Å². The number of carbonyl (C=O) groups is 2. The molecule has 1 aliphatic heterocycles. The number of likely N-dealkylation sites (N-methyl/N-ethyl adjacent to an activating group) is 1. The number of thiophene rings is 2. The first-order valence-corrected chi connectivity index (χ1v) is 14.3. The van der Waals surface area contributed by atoms with Crippen LogP contribution in [0.3, 0.4) is 0 Å². The summed E-state index contributed by atoms with van der Waals surface area (Å²) in [7, 11) is 2.15. The van der Waals surface area contributed by atoms with E-state index in [0.29, 0.717) is 35.6 Å². The van der Waals surface area contributed by atoms with Crippen molar-refractivity contribution in [2.45, 2.75) is 59.0 Å². The number of aromatic nitrogens is 1. The lowest BCUT2D eigenvalue weighted by atomic mass is 9.82. The molecule has 36 heavy (non-hydrogen) atoms. The first kappa shape index (κ1) is 25.0. The molecule has 9 heteroatoms. The fraction of sp³-hybridized carbons (Fsp3) is 0.481. The molecule has 2 N–H and O–H groups in total. The first-order chi connectivity index (χ1) is 17.4. The number of urea groups is 1. The molecule has 0 spiro atoms. The molecule has 1 aliphatic carbocycles. The van der Waals surface area contributed by atoms with Gasteiger partial charge < -0.3 is 19.5 Å². The molecular formula is C27H34N4O3S2. The van der Waals surface area contributed by atoms with Crippen LogP contribution in [0.15, 0.2) is 24.5 Å². The van der Waals surface area contributed by atoms with Crippen LogP contribution in [0.4, 0.5) is 9.80 Å². The molecule has 0 fully saturated rings. The van der Waals surface area contributed by atoms with Crippen LogP contribution < -0.4 is 10.6 Å². The van der Waals surface area contributed by atoms with Crippen LogP contribution in [0, 0.1) is 5.92 Å². The van der Waals surface area contributed by atoms with E-state index in [2.05, 4.69) is 53.4 Å². The smallest absolute Gasteiger partial charge is 0.341 e. The van der Waals surface area contributed by atoms with E-state index in [0.717, 1.165) is 42.9 Å². The van der Waals surface area contributed by atoms with Gasteiger partial charge in [0.15, 0.2) is 0 Å². The van der Waals surface area contributed by atoms with Crippen molar-refractivity contribution in [1.29, 1.82) is 0 Å². The highest BCUT2D eigenvalue weighted by molar-refractivity contribution is 7.17. The van der Waals surface area contributed by atoms with Crippen molar-refractivity contribution in [1.82, 2.24) is 14.8 Å². The highest BCUT2D eigenvalue weighted by Gasteiger charge is 2.32. The molecule has 4 heterocycles. The van der Waals surface area contributed by atoms with Crippen LogP contribution in [0.2, 0.25) is 0 Å². The molecule has 7 nitrogen and oxygen atoms in total. The Labute approximate surface area is 220 Å². The van der Waals surface area contributed by atoms with Gasteiger partial charge in [0.25, 0.3) is 0 Å². The Bertz CT molecular complexity index is 1260. The van der Waals surface area contributed by atoms with E-state index in [9.17, 15) is 9.59 Å². The van der Waals surface area contributed by atoms with Crippen LogP contribution in [0.5, 0.6) is 0 Å². The summed E-state index contributed by atoms with van der Waals surface area (Å²) in [5.74, 6) is 0.505. The summed E-state index contributed by atoms with van der Waals surface area (Å²) in [5.41, 5.74) is 4.11. The lowest BCUT2D eigenvalue weighted by Gasteiger charge is -2.24. The monoisotopic (exact) mass is 526 g/mol. The highest BCUT2D eigenvalue weighted by atomic mass is 32.1. The van der Waals surface area contributed by atoms with E-state index in [1.807, 2.05) is 19.1 Å². The van der Waals surface area contributed by atoms with Crippen LogP contribution >= 0.6 is 22.7 Å². The van der Waals surface area contributed by atoms with Gasteiger partial charge in [-0.15, -0.1) is 22.7 Å². The fourth-order valence-corrected chi connectivity index (χ4v) is 8.18. The second-order valence-electron chi connectivity index (χ2n) is 9.99. The molecule has 0 bridgehead atoms. The minimum absolute atomic E-state index is 0.300. The van der Waals surface area contributed by atoms with E-state index in [1.165, 1.54) is 32.2 Å². The Hall–Kier alpha value is -2.62. The quantitative estimate of drug-likeness (QED) is 0.400. The van der Waals surface area contributed by atoms with Gasteiger partial charge in [0.2, 0.25) is 0 Å². The fourth-order valence-electron chi connectivity index (χ4n) is 5.49. The van der Waals surface area contributed by atoms with Gasteiger partial charge in [-0.25, -0.2) is 9.59 Å². The van der Waals surface area contributed by atoms with Crippen molar-refractivity contribution in [3.05, 3.63) is 56.5 Å². The maximum Gasteiger partial charge on any atom is 0.341 e. The Morgan fingerprint density at radius 1 is 1.17 bits per heavy atom. The molecule has 0 saturated heterocycles. The average Bonchev–Trinajstić information content (AvgIpc) is 3.55. The molecule has 2 unspecified atom stereocenters. The summed E-state index contributed by atoms with van der Waals surface area (Å²) >= 11 is 3.32. The predicted octanol–water partition coefficient (Wildman–Crippen LogP) is 5.77. The largest absolute Gasteiger partial charge is 0.462 e. The van der Waals surface area contributed by atoms with E-state index >= 15 is 0 Å². The van der Waals surface area contributed by atoms with Crippen LogP contribution in [0.1, 0.15) is 69.9 Å². The Kier molecular flexibility index (Phi) is 7.23. The number of carbonyl (C=O) groups excluding carboxylic acids is 2. The Balaban J connectivity index is 1.38. The number of esters is 1. The van der Waals surface area contributed by atoms with Crippen LogP contribution in [-0.2, 0) is 30.7 Å². The van der Waals surface area contributed by atoms with Crippen LogP contribution in [0.25, 0.3) is 5.00 Å². The molecule has 2 atom stereocenters. The molecule has 3 aromatic rings. The van der Waals surface area contributed by atoms with Gasteiger partial charge in [-0.05, 0) is 68.3 Å². The third kappa shape index (κ3) is 4.84. The van der Waals surface area contributed by atoms with Gasteiger partial charge in [-0.1, -0.05) is 13.8 Å². The second kappa shape index (κ2) is 10.4. The van der Waals surface area contributed by atoms with Gasteiger partial charge in [-0.3, -0.25) is 5.32 Å². The standard InChI is InChI=1S/C27H34N4O3S2/c1-5-34-26(32)22-19-13-16(2)12-17(3)23(19)36-24(22)29-27(33)28-14-20-18-8-11-30(4)15-21(18)35-25(20)31-9-6-7-10-31/h6-7,9-10,16-17H,5,8,11-15H2,1-4H3,(H2,28,29,33). The molecule has 3 aromatic heterocycles. The van der Waals surface area contributed by atoms with Gasteiger partial charge in [0, 0.05) is 47.3 Å². The summed E-state index contributed by atoms with van der Waals surface area (Å²) in [6.07, 6.45) is 7.00. The third-order valence-electron chi connectivity index (χ3n) is 7.10. The van der Waals surface area contributed by atoms with Crippen molar-refractivity contribution in [3.63, 3.8) is 0 Å². The number of ether oxygens (including phenoxy) is 1. The summed E-state index contributed by atoms with van der Waals surface area (Å²) < 4.78 is 7.51. The van der Waals surface area contributed by atoms with E-state index < -0.39 is 0 Å². The summed E-state index contributed by atoms with van der Waals surface area (Å²) in [5, 5.41) is 7.83.